The first-order valence-corrected chi connectivity index (χ1v) is 8.41. The minimum absolute atomic E-state index is 0.0710. The van der Waals surface area contributed by atoms with Crippen LogP contribution in [0.4, 0.5) is 0 Å². The van der Waals surface area contributed by atoms with Crippen LogP contribution >= 0.6 is 0 Å². The van der Waals surface area contributed by atoms with Crippen LogP contribution in [0.3, 0.4) is 0 Å². The van der Waals surface area contributed by atoms with Gasteiger partial charge >= 0.3 is 5.97 Å². The first-order chi connectivity index (χ1) is 9.33. The average molecular weight is 296 g/mol. The molecule has 110 valence electrons. The number of ether oxygens (including phenoxy) is 1. The Morgan fingerprint density at radius 3 is 2.25 bits per heavy atom. The van der Waals surface area contributed by atoms with Crippen molar-refractivity contribution in [1.29, 1.82) is 0 Å². The highest BCUT2D eigenvalue weighted by molar-refractivity contribution is 7.92. The summed E-state index contributed by atoms with van der Waals surface area (Å²) in [5.74, 6) is -0.804. The number of carbonyl (C=O) groups excluding carboxylic acids is 1. The summed E-state index contributed by atoms with van der Waals surface area (Å²) >= 11 is 0. The van der Waals surface area contributed by atoms with E-state index in [1.165, 1.54) is 7.11 Å². The van der Waals surface area contributed by atoms with E-state index in [1.54, 1.807) is 0 Å². The molecule has 1 saturated carbocycles. The third-order valence-electron chi connectivity index (χ3n) is 3.52. The van der Waals surface area contributed by atoms with E-state index < -0.39 is 21.1 Å². The highest BCUT2D eigenvalue weighted by Gasteiger charge is 2.45. The summed E-state index contributed by atoms with van der Waals surface area (Å²) in [6.45, 7) is 3.86. The van der Waals surface area contributed by atoms with Crippen molar-refractivity contribution in [2.75, 3.05) is 7.11 Å². The Balaban J connectivity index is 2.27. The number of hydrogen-bond acceptors (Lipinski definition) is 4. The van der Waals surface area contributed by atoms with Crippen molar-refractivity contribution in [3.63, 3.8) is 0 Å². The number of benzene rings is 1. The molecule has 0 saturated heterocycles. The van der Waals surface area contributed by atoms with E-state index >= 15 is 0 Å². The molecule has 0 aliphatic heterocycles. The summed E-state index contributed by atoms with van der Waals surface area (Å²) in [7, 11) is -2.29. The molecule has 1 aromatic carbocycles. The van der Waals surface area contributed by atoms with Gasteiger partial charge in [-0.25, -0.2) is 8.42 Å². The molecule has 0 aromatic heterocycles. The van der Waals surface area contributed by atoms with Crippen molar-refractivity contribution in [2.45, 2.75) is 37.7 Å². The molecule has 0 amide bonds. The van der Waals surface area contributed by atoms with Gasteiger partial charge in [-0.1, -0.05) is 29.3 Å². The fourth-order valence-corrected chi connectivity index (χ4v) is 4.68. The van der Waals surface area contributed by atoms with Crippen molar-refractivity contribution in [1.82, 2.24) is 0 Å². The Kier molecular flexibility index (Phi) is 4.18. The molecule has 0 radical (unpaired) electrons. The lowest BCUT2D eigenvalue weighted by molar-refractivity contribution is -0.140. The molecule has 0 N–H and O–H groups in total. The molecule has 1 unspecified atom stereocenters. The van der Waals surface area contributed by atoms with Crippen LogP contribution in [0.1, 0.15) is 29.5 Å². The van der Waals surface area contributed by atoms with Gasteiger partial charge in [-0.2, -0.15) is 0 Å². The summed E-state index contributed by atoms with van der Waals surface area (Å²) in [5.41, 5.74) is 2.78. The minimum Gasteiger partial charge on any atom is -0.468 e. The van der Waals surface area contributed by atoms with Crippen LogP contribution in [0, 0.1) is 19.8 Å². The fraction of sp³-hybridized carbons (Fsp3) is 0.533. The maximum atomic E-state index is 12.5. The molecular formula is C15H20O4S. The molecule has 1 aromatic rings. The minimum atomic E-state index is -3.53. The van der Waals surface area contributed by atoms with Crippen LogP contribution < -0.4 is 0 Å². The van der Waals surface area contributed by atoms with Gasteiger partial charge in [0.2, 0.25) is 0 Å². The topological polar surface area (TPSA) is 60.4 Å². The molecule has 5 heteroatoms. The quantitative estimate of drug-likeness (QED) is 0.781. The molecule has 0 spiro atoms. The normalized spacial score (nSPS) is 16.8. The largest absolute Gasteiger partial charge is 0.468 e. The Hall–Kier alpha value is -1.36. The second kappa shape index (κ2) is 5.56. The SMILES string of the molecule is COC(=O)C(C1CC1)S(=O)(=O)Cc1cc(C)cc(C)c1. The predicted octanol–water partition coefficient (Wildman–Crippen LogP) is 2.17. The number of hydrogen-bond donors (Lipinski definition) is 0. The fourth-order valence-electron chi connectivity index (χ4n) is 2.62. The number of methoxy groups -OCH3 is 1. The third kappa shape index (κ3) is 3.39. The van der Waals surface area contributed by atoms with Crippen molar-refractivity contribution in [3.05, 3.63) is 34.9 Å². The van der Waals surface area contributed by atoms with Gasteiger partial charge in [0.05, 0.1) is 12.9 Å². The van der Waals surface area contributed by atoms with Crippen LogP contribution in [-0.4, -0.2) is 26.7 Å². The molecule has 2 rings (SSSR count). The van der Waals surface area contributed by atoms with Crippen molar-refractivity contribution >= 4 is 15.8 Å². The zero-order valence-corrected chi connectivity index (χ0v) is 12.9. The van der Waals surface area contributed by atoms with E-state index in [0.717, 1.165) is 29.5 Å². The molecule has 0 bridgehead atoms. The maximum Gasteiger partial charge on any atom is 0.324 e. The third-order valence-corrected chi connectivity index (χ3v) is 5.61. The van der Waals surface area contributed by atoms with Crippen molar-refractivity contribution in [2.24, 2.45) is 5.92 Å². The predicted molar refractivity (Wildman–Crippen MR) is 77.1 cm³/mol. The lowest BCUT2D eigenvalue weighted by Crippen LogP contribution is -2.34. The van der Waals surface area contributed by atoms with Crippen LogP contribution in [0.15, 0.2) is 18.2 Å². The number of aryl methyl sites for hydroxylation is 2. The van der Waals surface area contributed by atoms with E-state index in [9.17, 15) is 13.2 Å². The van der Waals surface area contributed by atoms with Crippen LogP contribution in [0.2, 0.25) is 0 Å². The van der Waals surface area contributed by atoms with Gasteiger partial charge in [0.25, 0.3) is 0 Å². The molecule has 1 aliphatic rings. The Labute approximate surface area is 120 Å². The Morgan fingerprint density at radius 1 is 1.25 bits per heavy atom. The molecule has 4 nitrogen and oxygen atoms in total. The van der Waals surface area contributed by atoms with E-state index in [1.807, 2.05) is 32.0 Å². The second-order valence-electron chi connectivity index (χ2n) is 5.58. The van der Waals surface area contributed by atoms with E-state index in [4.69, 9.17) is 0 Å². The van der Waals surface area contributed by atoms with E-state index in [2.05, 4.69) is 4.74 Å². The number of sulfone groups is 1. The molecule has 1 aliphatic carbocycles. The van der Waals surface area contributed by atoms with Gasteiger partial charge < -0.3 is 4.74 Å². The van der Waals surface area contributed by atoms with Crippen LogP contribution in [-0.2, 0) is 25.1 Å². The van der Waals surface area contributed by atoms with Gasteiger partial charge in [0, 0.05) is 0 Å². The highest BCUT2D eigenvalue weighted by atomic mass is 32.2. The summed E-state index contributed by atoms with van der Waals surface area (Å²) in [6.07, 6.45) is 1.57. The van der Waals surface area contributed by atoms with Gasteiger partial charge in [-0.05, 0) is 38.2 Å². The van der Waals surface area contributed by atoms with Gasteiger partial charge in [-0.15, -0.1) is 0 Å². The zero-order valence-electron chi connectivity index (χ0n) is 12.0. The summed E-state index contributed by atoms with van der Waals surface area (Å²) < 4.78 is 29.7. The van der Waals surface area contributed by atoms with Crippen molar-refractivity contribution in [3.8, 4) is 0 Å². The number of esters is 1. The number of carbonyl (C=O) groups is 1. The average Bonchev–Trinajstić information content (AvgIpc) is 3.10. The Morgan fingerprint density at radius 2 is 1.80 bits per heavy atom. The molecule has 1 fully saturated rings. The first-order valence-electron chi connectivity index (χ1n) is 6.70. The summed E-state index contributed by atoms with van der Waals surface area (Å²) in [4.78, 5) is 11.8. The van der Waals surface area contributed by atoms with E-state index in [-0.39, 0.29) is 11.7 Å². The summed E-state index contributed by atoms with van der Waals surface area (Å²) in [5, 5.41) is -1.01. The lowest BCUT2D eigenvalue weighted by atomic mass is 10.1. The molecule has 1 atom stereocenters. The standard InChI is InChI=1S/C15H20O4S/c1-10-6-11(2)8-12(7-10)9-20(17,18)14(13-4-5-13)15(16)19-3/h6-8,13-14H,4-5,9H2,1-3H3. The van der Waals surface area contributed by atoms with Crippen LogP contribution in [0.5, 0.6) is 0 Å². The summed E-state index contributed by atoms with van der Waals surface area (Å²) in [6, 6.07) is 5.70. The number of rotatable bonds is 5. The second-order valence-corrected chi connectivity index (χ2v) is 7.71. The Bertz CT molecular complexity index is 595. The molecule has 20 heavy (non-hydrogen) atoms. The zero-order chi connectivity index (χ0) is 14.9. The van der Waals surface area contributed by atoms with Crippen LogP contribution in [0.25, 0.3) is 0 Å². The van der Waals surface area contributed by atoms with E-state index in [0.29, 0.717) is 0 Å². The smallest absolute Gasteiger partial charge is 0.324 e. The monoisotopic (exact) mass is 296 g/mol. The van der Waals surface area contributed by atoms with Gasteiger partial charge in [0.15, 0.2) is 15.1 Å². The highest BCUT2D eigenvalue weighted by Crippen LogP contribution is 2.38. The van der Waals surface area contributed by atoms with Crippen molar-refractivity contribution < 1.29 is 17.9 Å². The molecular weight excluding hydrogens is 276 g/mol. The van der Waals surface area contributed by atoms with Gasteiger partial charge in [-0.3, -0.25) is 4.79 Å². The molecule has 0 heterocycles. The first kappa shape index (κ1) is 15.0. The van der Waals surface area contributed by atoms with Gasteiger partial charge in [0.1, 0.15) is 0 Å². The maximum absolute atomic E-state index is 12.5. The lowest BCUT2D eigenvalue weighted by Gasteiger charge is -2.15.